The first-order valence-corrected chi connectivity index (χ1v) is 9.66. The SMILES string of the molecule is O=C(NCCc1ccc(C(F)(F)F)cc1)[C@@H]1CCCCN1C(=O)c1ccccc1. The molecule has 0 saturated carbocycles. The van der Waals surface area contributed by atoms with Crippen LogP contribution in [-0.2, 0) is 17.4 Å². The van der Waals surface area contributed by atoms with Gasteiger partial charge in [-0.1, -0.05) is 30.3 Å². The molecule has 7 heteroatoms. The Morgan fingerprint density at radius 2 is 1.69 bits per heavy atom. The largest absolute Gasteiger partial charge is 0.416 e. The number of carbonyl (C=O) groups excluding carboxylic acids is 2. The number of rotatable bonds is 5. The molecule has 0 spiro atoms. The van der Waals surface area contributed by atoms with Crippen LogP contribution in [0.25, 0.3) is 0 Å². The van der Waals surface area contributed by atoms with Crippen LogP contribution in [-0.4, -0.2) is 35.8 Å². The highest BCUT2D eigenvalue weighted by molar-refractivity contribution is 5.97. The van der Waals surface area contributed by atoms with E-state index in [-0.39, 0.29) is 11.8 Å². The van der Waals surface area contributed by atoms with Crippen molar-refractivity contribution in [2.24, 2.45) is 0 Å². The van der Waals surface area contributed by atoms with E-state index in [0.717, 1.165) is 25.0 Å². The fourth-order valence-electron chi connectivity index (χ4n) is 3.50. The Labute approximate surface area is 167 Å². The van der Waals surface area contributed by atoms with Crippen molar-refractivity contribution in [3.05, 3.63) is 71.3 Å². The number of halogens is 3. The number of nitrogens with one attached hydrogen (secondary N) is 1. The summed E-state index contributed by atoms with van der Waals surface area (Å²) in [7, 11) is 0. The minimum atomic E-state index is -4.36. The lowest BCUT2D eigenvalue weighted by Crippen LogP contribution is -2.52. The third-order valence-corrected chi connectivity index (χ3v) is 5.08. The summed E-state index contributed by atoms with van der Waals surface area (Å²) in [5.74, 6) is -0.380. The highest BCUT2D eigenvalue weighted by atomic mass is 19.4. The summed E-state index contributed by atoms with van der Waals surface area (Å²) in [6, 6.07) is 13.3. The number of alkyl halides is 3. The molecule has 2 aromatic carbocycles. The zero-order chi connectivity index (χ0) is 20.9. The van der Waals surface area contributed by atoms with Gasteiger partial charge in [0.15, 0.2) is 0 Å². The molecular formula is C22H23F3N2O2. The Hall–Kier alpha value is -2.83. The van der Waals surface area contributed by atoms with Gasteiger partial charge < -0.3 is 10.2 Å². The molecule has 0 aliphatic carbocycles. The van der Waals surface area contributed by atoms with Crippen LogP contribution in [0.3, 0.4) is 0 Å². The molecule has 1 N–H and O–H groups in total. The number of likely N-dealkylation sites (tertiary alicyclic amines) is 1. The molecule has 1 saturated heterocycles. The van der Waals surface area contributed by atoms with Crippen LogP contribution in [0, 0.1) is 0 Å². The van der Waals surface area contributed by atoms with Crippen molar-refractivity contribution in [3.8, 4) is 0 Å². The molecule has 154 valence electrons. The number of amides is 2. The van der Waals surface area contributed by atoms with Crippen molar-refractivity contribution in [2.45, 2.75) is 37.9 Å². The van der Waals surface area contributed by atoms with Crippen molar-refractivity contribution in [1.82, 2.24) is 10.2 Å². The first kappa shape index (κ1) is 20.9. The number of carbonyl (C=O) groups is 2. The van der Waals surface area contributed by atoms with Crippen LogP contribution in [0.4, 0.5) is 13.2 Å². The summed E-state index contributed by atoms with van der Waals surface area (Å²) in [4.78, 5) is 27.1. The highest BCUT2D eigenvalue weighted by Crippen LogP contribution is 2.29. The molecule has 1 heterocycles. The standard InChI is InChI=1S/C22H23F3N2O2/c23-22(24,25)18-11-9-16(10-12-18)13-14-26-20(28)19-8-4-5-15-27(19)21(29)17-6-2-1-3-7-17/h1-3,6-7,9-12,19H,4-5,8,13-15H2,(H,26,28)/t19-/m0/s1. The summed E-state index contributed by atoms with van der Waals surface area (Å²) in [5.41, 5.74) is 0.568. The predicted octanol–water partition coefficient (Wildman–Crippen LogP) is 4.06. The molecule has 0 aromatic heterocycles. The van der Waals surface area contributed by atoms with E-state index >= 15 is 0 Å². The number of nitrogens with zero attached hydrogens (tertiary/aromatic N) is 1. The van der Waals surface area contributed by atoms with E-state index in [9.17, 15) is 22.8 Å². The van der Waals surface area contributed by atoms with Crippen LogP contribution >= 0.6 is 0 Å². The van der Waals surface area contributed by atoms with E-state index < -0.39 is 17.8 Å². The zero-order valence-electron chi connectivity index (χ0n) is 15.9. The lowest BCUT2D eigenvalue weighted by Gasteiger charge is -2.34. The smallest absolute Gasteiger partial charge is 0.354 e. The van der Waals surface area contributed by atoms with Gasteiger partial charge in [-0.25, -0.2) is 0 Å². The van der Waals surface area contributed by atoms with E-state index in [1.165, 1.54) is 12.1 Å². The maximum atomic E-state index is 12.8. The Morgan fingerprint density at radius 1 is 1.00 bits per heavy atom. The third kappa shape index (κ3) is 5.37. The lowest BCUT2D eigenvalue weighted by atomic mass is 10.00. The number of hydrogen-bond acceptors (Lipinski definition) is 2. The van der Waals surface area contributed by atoms with Crippen molar-refractivity contribution in [2.75, 3.05) is 13.1 Å². The van der Waals surface area contributed by atoms with E-state index in [0.29, 0.717) is 37.1 Å². The van der Waals surface area contributed by atoms with Gasteiger partial charge in [-0.15, -0.1) is 0 Å². The second kappa shape index (κ2) is 9.11. The molecule has 1 aliphatic heterocycles. The minimum Gasteiger partial charge on any atom is -0.354 e. The number of hydrogen-bond donors (Lipinski definition) is 1. The topological polar surface area (TPSA) is 49.4 Å². The predicted molar refractivity (Wildman–Crippen MR) is 103 cm³/mol. The van der Waals surface area contributed by atoms with E-state index in [4.69, 9.17) is 0 Å². The molecule has 1 fully saturated rings. The Morgan fingerprint density at radius 3 is 2.34 bits per heavy atom. The lowest BCUT2D eigenvalue weighted by molar-refractivity contribution is -0.137. The second-order valence-electron chi connectivity index (χ2n) is 7.11. The molecule has 1 atom stereocenters. The Balaban J connectivity index is 1.56. The molecule has 3 rings (SSSR count). The van der Waals surface area contributed by atoms with E-state index in [1.807, 2.05) is 6.07 Å². The van der Waals surface area contributed by atoms with Gasteiger partial charge in [0.25, 0.3) is 5.91 Å². The third-order valence-electron chi connectivity index (χ3n) is 5.08. The van der Waals surface area contributed by atoms with Gasteiger partial charge in [-0.2, -0.15) is 13.2 Å². The van der Waals surface area contributed by atoms with Gasteiger partial charge in [0.05, 0.1) is 5.56 Å². The fraction of sp³-hybridized carbons (Fsp3) is 0.364. The molecule has 1 aliphatic rings. The van der Waals surface area contributed by atoms with E-state index in [1.54, 1.807) is 29.2 Å². The maximum Gasteiger partial charge on any atom is 0.416 e. The molecule has 29 heavy (non-hydrogen) atoms. The van der Waals surface area contributed by atoms with Gasteiger partial charge in [0.2, 0.25) is 5.91 Å². The highest BCUT2D eigenvalue weighted by Gasteiger charge is 2.32. The molecule has 4 nitrogen and oxygen atoms in total. The van der Waals surface area contributed by atoms with Gasteiger partial charge in [-0.3, -0.25) is 9.59 Å². The van der Waals surface area contributed by atoms with Crippen LogP contribution in [0.2, 0.25) is 0 Å². The van der Waals surface area contributed by atoms with Crippen molar-refractivity contribution in [3.63, 3.8) is 0 Å². The van der Waals surface area contributed by atoms with Gasteiger partial charge >= 0.3 is 6.18 Å². The molecule has 0 bridgehead atoms. The first-order valence-electron chi connectivity index (χ1n) is 9.66. The quantitative estimate of drug-likeness (QED) is 0.817. The zero-order valence-corrected chi connectivity index (χ0v) is 15.9. The monoisotopic (exact) mass is 404 g/mol. The van der Waals surface area contributed by atoms with Crippen LogP contribution in [0.15, 0.2) is 54.6 Å². The van der Waals surface area contributed by atoms with Gasteiger partial charge in [0.1, 0.15) is 6.04 Å². The number of piperidine rings is 1. The molecular weight excluding hydrogens is 381 g/mol. The Bertz CT molecular complexity index is 835. The van der Waals surface area contributed by atoms with Crippen LogP contribution in [0.1, 0.15) is 40.7 Å². The molecule has 2 aromatic rings. The first-order chi connectivity index (χ1) is 13.9. The summed E-state index contributed by atoms with van der Waals surface area (Å²) >= 11 is 0. The van der Waals surface area contributed by atoms with Gasteiger partial charge in [0, 0.05) is 18.7 Å². The van der Waals surface area contributed by atoms with Crippen molar-refractivity contribution < 1.29 is 22.8 Å². The van der Waals surface area contributed by atoms with Gasteiger partial charge in [-0.05, 0) is 55.5 Å². The average Bonchev–Trinajstić information content (AvgIpc) is 2.73. The molecule has 0 unspecified atom stereocenters. The minimum absolute atomic E-state index is 0.159. The van der Waals surface area contributed by atoms with Crippen molar-refractivity contribution >= 4 is 11.8 Å². The average molecular weight is 404 g/mol. The molecule has 0 radical (unpaired) electrons. The second-order valence-corrected chi connectivity index (χ2v) is 7.11. The Kier molecular flexibility index (Phi) is 6.56. The fourth-order valence-corrected chi connectivity index (χ4v) is 3.50. The summed E-state index contributed by atoms with van der Waals surface area (Å²) < 4.78 is 37.9. The molecule has 2 amide bonds. The summed E-state index contributed by atoms with van der Waals surface area (Å²) in [6.07, 6.45) is -1.61. The van der Waals surface area contributed by atoms with E-state index in [2.05, 4.69) is 5.32 Å². The summed E-state index contributed by atoms with van der Waals surface area (Å²) in [5, 5.41) is 2.83. The summed E-state index contributed by atoms with van der Waals surface area (Å²) in [6.45, 7) is 0.832. The number of benzene rings is 2. The van der Waals surface area contributed by atoms with Crippen LogP contribution < -0.4 is 5.32 Å². The maximum absolute atomic E-state index is 12.8. The van der Waals surface area contributed by atoms with Crippen LogP contribution in [0.5, 0.6) is 0 Å². The normalized spacial score (nSPS) is 17.1. The van der Waals surface area contributed by atoms with Crippen molar-refractivity contribution in [1.29, 1.82) is 0 Å².